The second kappa shape index (κ2) is 6.02. The minimum Gasteiger partial charge on any atom is -0.460 e. The quantitative estimate of drug-likeness (QED) is 0.406. The molecule has 0 aromatic rings. The number of Topliss-reactive ketones (excluding diaryl/α,β-unsaturated/α-hetero) is 1. The van der Waals surface area contributed by atoms with Crippen LogP contribution >= 0.6 is 11.6 Å². The van der Waals surface area contributed by atoms with Gasteiger partial charge in [-0.15, -0.1) is 11.6 Å². The van der Waals surface area contributed by atoms with Crippen molar-refractivity contribution in [3.8, 4) is 0 Å². The van der Waals surface area contributed by atoms with Crippen molar-refractivity contribution in [3.63, 3.8) is 0 Å². The minimum atomic E-state index is -0.524. The summed E-state index contributed by atoms with van der Waals surface area (Å²) in [5.74, 6) is -0.128. The summed E-state index contributed by atoms with van der Waals surface area (Å²) in [7, 11) is 0. The summed E-state index contributed by atoms with van der Waals surface area (Å²) in [4.78, 5) is 22.3. The Hall–Kier alpha value is -0.570. The van der Waals surface area contributed by atoms with E-state index in [0.717, 1.165) is 0 Å². The van der Waals surface area contributed by atoms with E-state index in [1.165, 1.54) is 0 Å². The van der Waals surface area contributed by atoms with E-state index in [1.807, 2.05) is 0 Å². The van der Waals surface area contributed by atoms with Gasteiger partial charge < -0.3 is 4.74 Å². The molecule has 4 heteroatoms. The first-order chi connectivity index (χ1) is 6.35. The third-order valence-electron chi connectivity index (χ3n) is 1.35. The number of ether oxygens (including phenoxy) is 1. The highest BCUT2D eigenvalue weighted by molar-refractivity contribution is 6.18. The van der Waals surface area contributed by atoms with Gasteiger partial charge in [0.05, 0.1) is 0 Å². The Kier molecular flexibility index (Phi) is 5.77. The van der Waals surface area contributed by atoms with Crippen molar-refractivity contribution in [2.24, 2.45) is 0 Å². The maximum absolute atomic E-state index is 11.2. The fourth-order valence-electron chi connectivity index (χ4n) is 0.891. The molecular formula is C10H17ClO3. The Morgan fingerprint density at radius 1 is 1.29 bits per heavy atom. The molecule has 82 valence electrons. The number of halogens is 1. The summed E-state index contributed by atoms with van der Waals surface area (Å²) in [5.41, 5.74) is -0.524. The maximum atomic E-state index is 11.2. The van der Waals surface area contributed by atoms with Crippen molar-refractivity contribution in [1.82, 2.24) is 0 Å². The van der Waals surface area contributed by atoms with Crippen molar-refractivity contribution in [1.29, 1.82) is 0 Å². The van der Waals surface area contributed by atoms with Gasteiger partial charge >= 0.3 is 5.97 Å². The Labute approximate surface area is 89.8 Å². The highest BCUT2D eigenvalue weighted by atomic mass is 35.5. The zero-order chi connectivity index (χ0) is 11.2. The molecule has 0 spiro atoms. The number of carbonyl (C=O) groups is 2. The smallest absolute Gasteiger partial charge is 0.313 e. The fraction of sp³-hybridized carbons (Fsp3) is 0.800. The van der Waals surface area contributed by atoms with E-state index in [-0.39, 0.29) is 12.2 Å². The van der Waals surface area contributed by atoms with Gasteiger partial charge in [0.15, 0.2) is 0 Å². The van der Waals surface area contributed by atoms with Crippen molar-refractivity contribution in [2.45, 2.75) is 45.6 Å². The largest absolute Gasteiger partial charge is 0.460 e. The van der Waals surface area contributed by atoms with Crippen molar-refractivity contribution < 1.29 is 14.3 Å². The van der Waals surface area contributed by atoms with Crippen LogP contribution in [0.2, 0.25) is 0 Å². The van der Waals surface area contributed by atoms with Gasteiger partial charge in [-0.3, -0.25) is 9.59 Å². The average molecular weight is 221 g/mol. The van der Waals surface area contributed by atoms with Gasteiger partial charge in [-0.1, -0.05) is 0 Å². The Balaban J connectivity index is 3.78. The van der Waals surface area contributed by atoms with Crippen LogP contribution in [0, 0.1) is 0 Å². The molecule has 0 radical (unpaired) electrons. The van der Waals surface area contributed by atoms with E-state index in [4.69, 9.17) is 16.3 Å². The molecule has 0 aromatic carbocycles. The van der Waals surface area contributed by atoms with Crippen molar-refractivity contribution >= 4 is 23.4 Å². The lowest BCUT2D eigenvalue weighted by Crippen LogP contribution is -2.25. The van der Waals surface area contributed by atoms with Crippen molar-refractivity contribution in [2.75, 3.05) is 5.88 Å². The Bertz CT molecular complexity index is 206. The van der Waals surface area contributed by atoms with Gasteiger partial charge in [-0.25, -0.2) is 0 Å². The van der Waals surface area contributed by atoms with Crippen LogP contribution in [-0.4, -0.2) is 23.2 Å². The second-order valence-corrected chi connectivity index (χ2v) is 4.47. The fourth-order valence-corrected chi connectivity index (χ4v) is 1.02. The minimum absolute atomic E-state index is 0.111. The van der Waals surface area contributed by atoms with Gasteiger partial charge in [0.1, 0.15) is 17.8 Å². The SMILES string of the molecule is CC(C)(C)OC(=O)CC(=O)CCCCl. The first-order valence-electron chi connectivity index (χ1n) is 4.64. The highest BCUT2D eigenvalue weighted by Gasteiger charge is 2.18. The molecule has 0 N–H and O–H groups in total. The lowest BCUT2D eigenvalue weighted by molar-refractivity contribution is -0.156. The molecule has 0 atom stereocenters. The Morgan fingerprint density at radius 3 is 2.29 bits per heavy atom. The van der Waals surface area contributed by atoms with Crippen LogP contribution in [-0.2, 0) is 14.3 Å². The molecule has 0 aliphatic heterocycles. The summed E-state index contributed by atoms with van der Waals surface area (Å²) in [6, 6.07) is 0. The summed E-state index contributed by atoms with van der Waals surface area (Å²) < 4.78 is 5.00. The lowest BCUT2D eigenvalue weighted by atomic mass is 10.1. The topological polar surface area (TPSA) is 43.4 Å². The zero-order valence-corrected chi connectivity index (χ0v) is 9.69. The third-order valence-corrected chi connectivity index (χ3v) is 1.62. The predicted octanol–water partition coefficient (Wildman–Crippen LogP) is 2.31. The monoisotopic (exact) mass is 220 g/mol. The molecule has 0 aromatic heterocycles. The summed E-state index contributed by atoms with van der Waals surface area (Å²) in [6.45, 7) is 5.32. The molecule has 0 saturated carbocycles. The molecular weight excluding hydrogens is 204 g/mol. The van der Waals surface area contributed by atoms with Gasteiger partial charge in [-0.05, 0) is 27.2 Å². The van der Waals surface area contributed by atoms with E-state index in [9.17, 15) is 9.59 Å². The molecule has 0 heterocycles. The van der Waals surface area contributed by atoms with Crippen LogP contribution < -0.4 is 0 Å². The van der Waals surface area contributed by atoms with Crippen LogP contribution in [0.4, 0.5) is 0 Å². The average Bonchev–Trinajstić information content (AvgIpc) is 1.96. The van der Waals surface area contributed by atoms with E-state index in [2.05, 4.69) is 0 Å². The number of esters is 1. The second-order valence-electron chi connectivity index (χ2n) is 4.09. The normalized spacial score (nSPS) is 11.1. The van der Waals surface area contributed by atoms with Crippen LogP contribution in [0.1, 0.15) is 40.0 Å². The molecule has 0 bridgehead atoms. The number of rotatable bonds is 5. The molecule has 0 fully saturated rings. The first kappa shape index (κ1) is 13.4. The first-order valence-corrected chi connectivity index (χ1v) is 5.18. The number of hydrogen-bond acceptors (Lipinski definition) is 3. The number of hydrogen-bond donors (Lipinski definition) is 0. The predicted molar refractivity (Wildman–Crippen MR) is 55.4 cm³/mol. The molecule has 0 amide bonds. The molecule has 14 heavy (non-hydrogen) atoms. The molecule has 0 unspecified atom stereocenters. The van der Waals surface area contributed by atoms with E-state index in [0.29, 0.717) is 18.7 Å². The van der Waals surface area contributed by atoms with E-state index >= 15 is 0 Å². The van der Waals surface area contributed by atoms with Crippen LogP contribution in [0.3, 0.4) is 0 Å². The molecule has 0 saturated heterocycles. The van der Waals surface area contributed by atoms with Crippen LogP contribution in [0.15, 0.2) is 0 Å². The molecule has 0 rings (SSSR count). The lowest BCUT2D eigenvalue weighted by Gasteiger charge is -2.19. The summed E-state index contributed by atoms with van der Waals surface area (Å²) in [5, 5.41) is 0. The van der Waals surface area contributed by atoms with Gasteiger partial charge in [0.25, 0.3) is 0 Å². The molecule has 0 aliphatic rings. The van der Waals surface area contributed by atoms with Gasteiger partial charge in [0.2, 0.25) is 0 Å². The van der Waals surface area contributed by atoms with Crippen LogP contribution in [0.5, 0.6) is 0 Å². The van der Waals surface area contributed by atoms with Gasteiger partial charge in [0, 0.05) is 12.3 Å². The zero-order valence-electron chi connectivity index (χ0n) is 8.93. The van der Waals surface area contributed by atoms with Crippen molar-refractivity contribution in [3.05, 3.63) is 0 Å². The van der Waals surface area contributed by atoms with E-state index in [1.54, 1.807) is 20.8 Å². The number of carbonyl (C=O) groups excluding carboxylic acids is 2. The Morgan fingerprint density at radius 2 is 1.86 bits per heavy atom. The number of alkyl halides is 1. The molecule has 3 nitrogen and oxygen atoms in total. The van der Waals surface area contributed by atoms with Crippen LogP contribution in [0.25, 0.3) is 0 Å². The van der Waals surface area contributed by atoms with Gasteiger partial charge in [-0.2, -0.15) is 0 Å². The number of ketones is 1. The standard InChI is InChI=1S/C10H17ClO3/c1-10(2,3)14-9(13)7-8(12)5-4-6-11/h4-7H2,1-3H3. The third kappa shape index (κ3) is 8.05. The summed E-state index contributed by atoms with van der Waals surface area (Å²) >= 11 is 5.42. The summed E-state index contributed by atoms with van der Waals surface area (Å²) in [6.07, 6.45) is 0.820. The molecule has 0 aliphatic carbocycles. The van der Waals surface area contributed by atoms with E-state index < -0.39 is 11.6 Å². The maximum Gasteiger partial charge on any atom is 0.313 e. The highest BCUT2D eigenvalue weighted by Crippen LogP contribution is 2.09.